The molecule has 3 saturated carbocycles. The molecule has 3 aliphatic rings. The summed E-state index contributed by atoms with van der Waals surface area (Å²) in [6, 6.07) is 20.5. The maximum absolute atomic E-state index is 13.6. The minimum Gasteiger partial charge on any atom is -0.356 e. The van der Waals surface area contributed by atoms with Gasteiger partial charge in [0.15, 0.2) is 0 Å². The molecular weight excluding hydrogens is 466 g/mol. The summed E-state index contributed by atoms with van der Waals surface area (Å²) < 4.78 is 2.14. The zero-order valence-corrected chi connectivity index (χ0v) is 23.0. The Kier molecular flexibility index (Phi) is 6.75. The van der Waals surface area contributed by atoms with Crippen molar-refractivity contribution in [2.45, 2.75) is 90.5 Å². The average Bonchev–Trinajstić information content (AvgIpc) is 2.95. The number of para-hydroxylation sites is 1. The van der Waals surface area contributed by atoms with Crippen molar-refractivity contribution >= 4 is 33.2 Å². The first kappa shape index (κ1) is 25.2. The Morgan fingerprint density at radius 1 is 0.947 bits per heavy atom. The molecule has 4 heteroatoms. The van der Waals surface area contributed by atoms with Crippen molar-refractivity contribution in [2.24, 2.45) is 10.8 Å². The lowest BCUT2D eigenvalue weighted by Gasteiger charge is -2.56. The fourth-order valence-corrected chi connectivity index (χ4v) is 8.06. The number of pyridine rings is 2. The maximum Gasteiger partial charge on any atom is 0.251 e. The standard InChI is InChI=1S/C34H41N3O/c1-3-18-34-20-9-13-28(12-7-8-19-33(2,23-34)24-34)37-31(38)17-14-25-22-35-30-16-15-27(21-29(30)32(25)37)36-26-10-5-4-6-11-26/h4-6,10-11,14-17,21-22,28,36H,3,7-9,12-13,18-20,23-24H2,1-2H3. The van der Waals surface area contributed by atoms with Crippen LogP contribution in [0, 0.1) is 10.8 Å². The van der Waals surface area contributed by atoms with Gasteiger partial charge in [-0.05, 0) is 92.2 Å². The van der Waals surface area contributed by atoms with Crippen molar-refractivity contribution in [1.29, 1.82) is 0 Å². The number of nitrogens with one attached hydrogen (secondary N) is 1. The van der Waals surface area contributed by atoms with E-state index in [0.717, 1.165) is 46.0 Å². The SMILES string of the molecule is CCCC12CCCC(n3c(=O)ccc4cnc5ccc(Nc6ccccc6)cc5c43)CCCCC(C)(C1)C2. The van der Waals surface area contributed by atoms with E-state index in [-0.39, 0.29) is 11.6 Å². The predicted octanol–water partition coefficient (Wildman–Crippen LogP) is 9.17. The van der Waals surface area contributed by atoms with E-state index in [1.54, 1.807) is 6.07 Å². The van der Waals surface area contributed by atoms with Gasteiger partial charge >= 0.3 is 0 Å². The van der Waals surface area contributed by atoms with Crippen molar-refractivity contribution in [3.05, 3.63) is 77.2 Å². The predicted molar refractivity (Wildman–Crippen MR) is 159 cm³/mol. The van der Waals surface area contributed by atoms with Crippen LogP contribution in [0.5, 0.6) is 0 Å². The number of rotatable bonds is 5. The average molecular weight is 508 g/mol. The molecule has 0 amide bonds. The van der Waals surface area contributed by atoms with Gasteiger partial charge in [-0.3, -0.25) is 9.78 Å². The third-order valence-electron chi connectivity index (χ3n) is 9.38. The lowest BCUT2D eigenvalue weighted by Crippen LogP contribution is -2.44. The van der Waals surface area contributed by atoms with E-state index >= 15 is 0 Å². The molecule has 7 rings (SSSR count). The number of hydrogen-bond acceptors (Lipinski definition) is 3. The summed E-state index contributed by atoms with van der Waals surface area (Å²) in [6.07, 6.45) is 15.8. The molecule has 2 aromatic heterocycles. The topological polar surface area (TPSA) is 46.9 Å². The number of anilines is 2. The maximum atomic E-state index is 13.6. The van der Waals surface area contributed by atoms with Gasteiger partial charge < -0.3 is 9.88 Å². The van der Waals surface area contributed by atoms with Crippen LogP contribution in [0.1, 0.15) is 90.5 Å². The highest BCUT2D eigenvalue weighted by atomic mass is 16.1. The Morgan fingerprint density at radius 3 is 2.58 bits per heavy atom. The minimum absolute atomic E-state index is 0.117. The number of hydrogen-bond donors (Lipinski definition) is 1. The number of fused-ring (bicyclic) bond motifs is 10. The van der Waals surface area contributed by atoms with Gasteiger partial charge in [0.2, 0.25) is 0 Å². The van der Waals surface area contributed by atoms with Gasteiger partial charge in [-0.25, -0.2) is 0 Å². The van der Waals surface area contributed by atoms with E-state index in [4.69, 9.17) is 4.98 Å². The highest BCUT2D eigenvalue weighted by molar-refractivity contribution is 6.04. The molecule has 0 radical (unpaired) electrons. The Hall–Kier alpha value is -3.14. The lowest BCUT2D eigenvalue weighted by molar-refractivity contribution is -0.0488. The summed E-state index contributed by atoms with van der Waals surface area (Å²) in [5, 5.41) is 5.62. The summed E-state index contributed by atoms with van der Waals surface area (Å²) >= 11 is 0. The zero-order valence-electron chi connectivity index (χ0n) is 23.0. The van der Waals surface area contributed by atoms with E-state index < -0.39 is 0 Å². The summed E-state index contributed by atoms with van der Waals surface area (Å²) in [5.74, 6) is 0. The first-order valence-electron chi connectivity index (χ1n) is 14.7. The van der Waals surface area contributed by atoms with Crippen LogP contribution >= 0.6 is 0 Å². The van der Waals surface area contributed by atoms with Crippen LogP contribution in [0.25, 0.3) is 21.8 Å². The summed E-state index contributed by atoms with van der Waals surface area (Å²) in [4.78, 5) is 18.3. The Morgan fingerprint density at radius 2 is 1.76 bits per heavy atom. The molecule has 1 N–H and O–H groups in total. The second kappa shape index (κ2) is 10.2. The van der Waals surface area contributed by atoms with Crippen molar-refractivity contribution in [3.8, 4) is 0 Å². The van der Waals surface area contributed by atoms with E-state index in [1.165, 1.54) is 57.8 Å². The molecule has 1 unspecified atom stereocenters. The zero-order chi connectivity index (χ0) is 26.2. The first-order valence-corrected chi connectivity index (χ1v) is 14.7. The monoisotopic (exact) mass is 507 g/mol. The quantitative estimate of drug-likeness (QED) is 0.274. The highest BCUT2D eigenvalue weighted by Crippen LogP contribution is 2.61. The molecule has 3 aliphatic carbocycles. The Labute approximate surface area is 226 Å². The van der Waals surface area contributed by atoms with Gasteiger partial charge in [-0.2, -0.15) is 0 Å². The first-order chi connectivity index (χ1) is 18.5. The second-order valence-electron chi connectivity index (χ2n) is 12.5. The molecule has 0 aliphatic heterocycles. The molecule has 38 heavy (non-hydrogen) atoms. The van der Waals surface area contributed by atoms with Crippen LogP contribution in [0.15, 0.2) is 71.7 Å². The van der Waals surface area contributed by atoms with Gasteiger partial charge in [0.05, 0.1) is 11.0 Å². The molecule has 2 aromatic carbocycles. The third kappa shape index (κ3) is 4.86. The molecule has 2 heterocycles. The van der Waals surface area contributed by atoms with E-state index in [9.17, 15) is 4.79 Å². The second-order valence-corrected chi connectivity index (χ2v) is 12.5. The highest BCUT2D eigenvalue weighted by Gasteiger charge is 2.49. The molecule has 4 nitrogen and oxygen atoms in total. The normalized spacial score (nSPS) is 26.0. The van der Waals surface area contributed by atoms with Gasteiger partial charge in [0.1, 0.15) is 0 Å². The van der Waals surface area contributed by atoms with Gasteiger partial charge in [-0.15, -0.1) is 0 Å². The van der Waals surface area contributed by atoms with Crippen LogP contribution in [0.2, 0.25) is 0 Å². The number of nitrogens with zero attached hydrogens (tertiary/aromatic N) is 2. The smallest absolute Gasteiger partial charge is 0.251 e. The largest absolute Gasteiger partial charge is 0.356 e. The summed E-state index contributed by atoms with van der Waals surface area (Å²) in [7, 11) is 0. The molecule has 0 saturated heterocycles. The van der Waals surface area contributed by atoms with Crippen molar-refractivity contribution in [2.75, 3.05) is 5.32 Å². The molecule has 3 fully saturated rings. The van der Waals surface area contributed by atoms with Gasteiger partial charge in [-0.1, -0.05) is 57.7 Å². The fraction of sp³-hybridized carbons (Fsp3) is 0.471. The third-order valence-corrected chi connectivity index (χ3v) is 9.38. The van der Waals surface area contributed by atoms with E-state index in [1.807, 2.05) is 30.5 Å². The van der Waals surface area contributed by atoms with Crippen molar-refractivity contribution < 1.29 is 0 Å². The molecule has 2 bridgehead atoms. The van der Waals surface area contributed by atoms with Crippen LogP contribution in [0.3, 0.4) is 0 Å². The van der Waals surface area contributed by atoms with E-state index in [2.05, 4.69) is 54.1 Å². The van der Waals surface area contributed by atoms with Crippen LogP contribution in [-0.4, -0.2) is 9.55 Å². The van der Waals surface area contributed by atoms with Crippen molar-refractivity contribution in [3.63, 3.8) is 0 Å². The number of aromatic nitrogens is 2. The van der Waals surface area contributed by atoms with Gasteiger partial charge in [0, 0.05) is 40.5 Å². The lowest BCUT2D eigenvalue weighted by atomic mass is 9.49. The summed E-state index contributed by atoms with van der Waals surface area (Å²) in [6.45, 7) is 4.86. The molecular formula is C34H41N3O. The molecule has 4 aromatic rings. The van der Waals surface area contributed by atoms with Crippen LogP contribution in [-0.2, 0) is 0 Å². The van der Waals surface area contributed by atoms with Crippen LogP contribution in [0.4, 0.5) is 11.4 Å². The summed E-state index contributed by atoms with van der Waals surface area (Å²) in [5.41, 5.74) is 5.23. The number of benzene rings is 2. The molecule has 0 spiro atoms. The molecule has 1 atom stereocenters. The van der Waals surface area contributed by atoms with Crippen molar-refractivity contribution in [1.82, 2.24) is 9.55 Å². The molecule has 198 valence electrons. The minimum atomic E-state index is 0.117. The Bertz CT molecular complexity index is 1480. The Balaban J connectivity index is 1.39. The van der Waals surface area contributed by atoms with Crippen LogP contribution < -0.4 is 10.9 Å². The fourth-order valence-electron chi connectivity index (χ4n) is 8.06. The van der Waals surface area contributed by atoms with E-state index in [0.29, 0.717) is 10.8 Å². The van der Waals surface area contributed by atoms with Gasteiger partial charge in [0.25, 0.3) is 5.56 Å².